The van der Waals surface area contributed by atoms with Gasteiger partial charge in [0, 0.05) is 12.5 Å². The van der Waals surface area contributed by atoms with E-state index in [1.54, 1.807) is 0 Å². The molecule has 14 heavy (non-hydrogen) atoms. The van der Waals surface area contributed by atoms with Crippen LogP contribution in [0.2, 0.25) is 0 Å². The zero-order valence-corrected chi connectivity index (χ0v) is 9.13. The van der Waals surface area contributed by atoms with Crippen molar-refractivity contribution in [1.82, 2.24) is 10.6 Å². The third kappa shape index (κ3) is 6.44. The topological polar surface area (TPSA) is 64.9 Å². The number of carbonyl (C=O) groups is 1. The van der Waals surface area contributed by atoms with Crippen LogP contribution in [-0.4, -0.2) is 24.5 Å². The van der Waals surface area contributed by atoms with Gasteiger partial charge in [-0.25, -0.2) is 0 Å². The van der Waals surface area contributed by atoms with Crippen LogP contribution in [-0.2, 0) is 4.79 Å². The monoisotopic (exact) mass is 197 g/mol. The van der Waals surface area contributed by atoms with Crippen LogP contribution < -0.4 is 10.6 Å². The number of hydrogen-bond acceptors (Lipinski definition) is 3. The second-order valence-corrected chi connectivity index (χ2v) is 3.60. The Labute approximate surface area is 85.7 Å². The van der Waals surface area contributed by atoms with Crippen LogP contribution in [0.25, 0.3) is 0 Å². The summed E-state index contributed by atoms with van der Waals surface area (Å²) in [4.78, 5) is 11.4. The standard InChI is InChI=1S/C10H19N3O/c1-8(2)13-10(14)9(3)12-7-5-4-6-11/h8-9,12H,4-5,7H2,1-3H3,(H,13,14). The highest BCUT2D eigenvalue weighted by atomic mass is 16.2. The van der Waals surface area contributed by atoms with E-state index < -0.39 is 0 Å². The molecule has 0 heterocycles. The van der Waals surface area contributed by atoms with Crippen LogP contribution in [0.4, 0.5) is 0 Å². The summed E-state index contributed by atoms with van der Waals surface area (Å²) in [6, 6.07) is 2.05. The molecule has 0 aliphatic carbocycles. The highest BCUT2D eigenvalue weighted by Crippen LogP contribution is 1.88. The van der Waals surface area contributed by atoms with E-state index in [1.807, 2.05) is 20.8 Å². The summed E-state index contributed by atoms with van der Waals surface area (Å²) in [6.45, 7) is 6.39. The Morgan fingerprint density at radius 1 is 1.43 bits per heavy atom. The summed E-state index contributed by atoms with van der Waals surface area (Å²) in [5.74, 6) is 0.0111. The first kappa shape index (κ1) is 12.9. The van der Waals surface area contributed by atoms with Gasteiger partial charge in [-0.05, 0) is 33.7 Å². The molecule has 0 saturated carbocycles. The number of unbranched alkanes of at least 4 members (excludes halogenated alkanes) is 1. The second-order valence-electron chi connectivity index (χ2n) is 3.60. The van der Waals surface area contributed by atoms with Gasteiger partial charge < -0.3 is 10.6 Å². The van der Waals surface area contributed by atoms with Gasteiger partial charge in [0.1, 0.15) is 0 Å². The second kappa shape index (κ2) is 7.34. The molecule has 0 aromatic carbocycles. The lowest BCUT2D eigenvalue weighted by Crippen LogP contribution is -2.44. The molecule has 0 aromatic heterocycles. The molecule has 0 radical (unpaired) electrons. The molecule has 1 atom stereocenters. The maximum absolute atomic E-state index is 11.4. The molecular formula is C10H19N3O. The van der Waals surface area contributed by atoms with Crippen LogP contribution in [0.15, 0.2) is 0 Å². The first-order valence-electron chi connectivity index (χ1n) is 4.98. The van der Waals surface area contributed by atoms with E-state index in [0.717, 1.165) is 6.42 Å². The van der Waals surface area contributed by atoms with Crippen LogP contribution >= 0.6 is 0 Å². The fourth-order valence-electron chi connectivity index (χ4n) is 0.988. The van der Waals surface area contributed by atoms with E-state index in [1.165, 1.54) is 0 Å². The summed E-state index contributed by atoms with van der Waals surface area (Å²) >= 11 is 0. The molecule has 2 N–H and O–H groups in total. The molecule has 0 saturated heterocycles. The van der Waals surface area contributed by atoms with Crippen molar-refractivity contribution < 1.29 is 4.79 Å². The van der Waals surface area contributed by atoms with Gasteiger partial charge in [-0.15, -0.1) is 0 Å². The Balaban J connectivity index is 3.58. The highest BCUT2D eigenvalue weighted by Gasteiger charge is 2.11. The lowest BCUT2D eigenvalue weighted by molar-refractivity contribution is -0.123. The van der Waals surface area contributed by atoms with Gasteiger partial charge in [-0.2, -0.15) is 5.26 Å². The maximum atomic E-state index is 11.4. The van der Waals surface area contributed by atoms with E-state index >= 15 is 0 Å². The van der Waals surface area contributed by atoms with Crippen LogP contribution in [0.1, 0.15) is 33.6 Å². The molecule has 0 fully saturated rings. The van der Waals surface area contributed by atoms with Gasteiger partial charge in [0.2, 0.25) is 5.91 Å². The quantitative estimate of drug-likeness (QED) is 0.619. The molecule has 4 nitrogen and oxygen atoms in total. The molecule has 0 bridgehead atoms. The van der Waals surface area contributed by atoms with Crippen LogP contribution in [0.3, 0.4) is 0 Å². The number of amides is 1. The van der Waals surface area contributed by atoms with E-state index in [0.29, 0.717) is 13.0 Å². The van der Waals surface area contributed by atoms with Crippen molar-refractivity contribution in [1.29, 1.82) is 5.26 Å². The fraction of sp³-hybridized carbons (Fsp3) is 0.800. The molecule has 0 rings (SSSR count). The zero-order valence-electron chi connectivity index (χ0n) is 9.13. The van der Waals surface area contributed by atoms with E-state index in [2.05, 4.69) is 16.7 Å². The van der Waals surface area contributed by atoms with Gasteiger partial charge in [0.15, 0.2) is 0 Å². The third-order valence-electron chi connectivity index (χ3n) is 1.74. The van der Waals surface area contributed by atoms with Gasteiger partial charge in [0.05, 0.1) is 12.1 Å². The first-order chi connectivity index (χ1) is 6.57. The Morgan fingerprint density at radius 3 is 2.57 bits per heavy atom. The fourth-order valence-corrected chi connectivity index (χ4v) is 0.988. The van der Waals surface area contributed by atoms with Crippen molar-refractivity contribution in [3.8, 4) is 6.07 Å². The van der Waals surface area contributed by atoms with Crippen LogP contribution in [0.5, 0.6) is 0 Å². The van der Waals surface area contributed by atoms with Gasteiger partial charge in [-0.3, -0.25) is 4.79 Å². The Bertz CT molecular complexity index is 208. The van der Waals surface area contributed by atoms with Gasteiger partial charge >= 0.3 is 0 Å². The van der Waals surface area contributed by atoms with Crippen LogP contribution in [0, 0.1) is 11.3 Å². The minimum Gasteiger partial charge on any atom is -0.353 e. The molecule has 80 valence electrons. The third-order valence-corrected chi connectivity index (χ3v) is 1.74. The summed E-state index contributed by atoms with van der Waals surface area (Å²) in [5, 5.41) is 14.2. The van der Waals surface area contributed by atoms with E-state index in [-0.39, 0.29) is 18.0 Å². The molecule has 1 unspecified atom stereocenters. The predicted molar refractivity (Wildman–Crippen MR) is 55.6 cm³/mol. The average Bonchev–Trinajstić information content (AvgIpc) is 2.11. The van der Waals surface area contributed by atoms with E-state index in [9.17, 15) is 4.79 Å². The van der Waals surface area contributed by atoms with Crippen molar-refractivity contribution in [2.45, 2.75) is 45.7 Å². The SMILES string of the molecule is CC(C)NC(=O)C(C)NCCCC#N. The number of nitriles is 1. The summed E-state index contributed by atoms with van der Waals surface area (Å²) in [7, 11) is 0. The minimum absolute atomic E-state index is 0.0111. The molecule has 1 amide bonds. The summed E-state index contributed by atoms with van der Waals surface area (Å²) in [5.41, 5.74) is 0. The van der Waals surface area contributed by atoms with Crippen molar-refractivity contribution in [3.05, 3.63) is 0 Å². The van der Waals surface area contributed by atoms with Gasteiger partial charge in [-0.1, -0.05) is 0 Å². The van der Waals surface area contributed by atoms with Gasteiger partial charge in [0.25, 0.3) is 0 Å². The lowest BCUT2D eigenvalue weighted by atomic mass is 10.2. The Morgan fingerprint density at radius 2 is 2.07 bits per heavy atom. The first-order valence-corrected chi connectivity index (χ1v) is 4.98. The predicted octanol–water partition coefficient (Wildman–Crippen LogP) is 0.793. The minimum atomic E-state index is -0.184. The highest BCUT2D eigenvalue weighted by molar-refractivity contribution is 5.81. The molecular weight excluding hydrogens is 178 g/mol. The smallest absolute Gasteiger partial charge is 0.237 e. The van der Waals surface area contributed by atoms with Crippen molar-refractivity contribution >= 4 is 5.91 Å². The number of hydrogen-bond donors (Lipinski definition) is 2. The molecule has 0 spiro atoms. The molecule has 0 aliphatic heterocycles. The molecule has 4 heteroatoms. The maximum Gasteiger partial charge on any atom is 0.237 e. The van der Waals surface area contributed by atoms with Crippen molar-refractivity contribution in [2.24, 2.45) is 0 Å². The number of nitrogens with one attached hydrogen (secondary N) is 2. The molecule has 0 aromatic rings. The largest absolute Gasteiger partial charge is 0.353 e. The Hall–Kier alpha value is -1.08. The number of nitrogens with zero attached hydrogens (tertiary/aromatic N) is 1. The van der Waals surface area contributed by atoms with Crippen molar-refractivity contribution in [3.63, 3.8) is 0 Å². The summed E-state index contributed by atoms with van der Waals surface area (Å²) < 4.78 is 0. The zero-order chi connectivity index (χ0) is 11.0. The molecule has 0 aliphatic rings. The summed E-state index contributed by atoms with van der Waals surface area (Å²) in [6.07, 6.45) is 1.32. The average molecular weight is 197 g/mol. The lowest BCUT2D eigenvalue weighted by Gasteiger charge is -2.15. The van der Waals surface area contributed by atoms with Crippen molar-refractivity contribution in [2.75, 3.05) is 6.54 Å². The normalized spacial score (nSPS) is 12.2. The number of carbonyl (C=O) groups excluding carboxylic acids is 1. The Kier molecular flexibility index (Phi) is 6.77. The van der Waals surface area contributed by atoms with E-state index in [4.69, 9.17) is 5.26 Å². The number of rotatable bonds is 6.